The number of carbonyl (C=O) groups excluding carboxylic acids is 2. The van der Waals surface area contributed by atoms with Gasteiger partial charge in [0, 0.05) is 29.9 Å². The Morgan fingerprint density at radius 2 is 1.80 bits per heavy atom. The average molecular weight is 475 g/mol. The molecule has 35 heavy (non-hydrogen) atoms. The molecular formula is C27H26N2O6. The molecule has 0 spiro atoms. The second kappa shape index (κ2) is 9.58. The highest BCUT2D eigenvalue weighted by Crippen LogP contribution is 2.34. The van der Waals surface area contributed by atoms with Gasteiger partial charge in [-0.1, -0.05) is 13.0 Å². The fourth-order valence-corrected chi connectivity index (χ4v) is 4.18. The van der Waals surface area contributed by atoms with Crippen LogP contribution in [-0.2, 0) is 17.9 Å². The first-order valence-corrected chi connectivity index (χ1v) is 11.5. The minimum absolute atomic E-state index is 0.0785. The van der Waals surface area contributed by atoms with Crippen molar-refractivity contribution >= 4 is 17.5 Å². The molecule has 0 saturated carbocycles. The lowest BCUT2D eigenvalue weighted by Gasteiger charge is -2.23. The van der Waals surface area contributed by atoms with E-state index in [0.717, 1.165) is 11.1 Å². The first kappa shape index (κ1) is 22.6. The van der Waals surface area contributed by atoms with Gasteiger partial charge < -0.3 is 29.2 Å². The van der Waals surface area contributed by atoms with Gasteiger partial charge in [-0.25, -0.2) is 0 Å². The zero-order chi connectivity index (χ0) is 24.4. The summed E-state index contributed by atoms with van der Waals surface area (Å²) >= 11 is 0. The van der Waals surface area contributed by atoms with E-state index in [1.807, 2.05) is 31.2 Å². The predicted octanol–water partition coefficient (Wildman–Crippen LogP) is 4.38. The number of ether oxygens (including phenoxy) is 4. The molecule has 180 valence electrons. The third-order valence-electron chi connectivity index (χ3n) is 6.07. The topological polar surface area (TPSA) is 86.3 Å². The zero-order valence-electron chi connectivity index (χ0n) is 19.6. The maximum Gasteiger partial charge on any atom is 0.264 e. The van der Waals surface area contributed by atoms with Crippen molar-refractivity contribution in [1.29, 1.82) is 0 Å². The minimum Gasteiger partial charge on any atom is -0.497 e. The van der Waals surface area contributed by atoms with Crippen LogP contribution in [0.1, 0.15) is 34.8 Å². The molecule has 5 rings (SSSR count). The molecule has 2 heterocycles. The summed E-state index contributed by atoms with van der Waals surface area (Å²) in [5.41, 5.74) is 2.90. The molecule has 2 amide bonds. The normalized spacial score (nSPS) is 16.2. The Labute approximate surface area is 203 Å². The summed E-state index contributed by atoms with van der Waals surface area (Å²) in [6, 6.07) is 18.0. The van der Waals surface area contributed by atoms with Gasteiger partial charge in [-0.2, -0.15) is 0 Å². The van der Waals surface area contributed by atoms with Crippen molar-refractivity contribution in [2.24, 2.45) is 0 Å². The molecule has 3 aromatic rings. The van der Waals surface area contributed by atoms with E-state index >= 15 is 0 Å². The maximum absolute atomic E-state index is 13.2. The van der Waals surface area contributed by atoms with Crippen LogP contribution < -0.4 is 24.3 Å². The standard InChI is InChI=1S/C27H26N2O6/c1-3-22-27(31)29(14-17-4-10-24-25(12-17)34-16-33-24)15-19-13-20(7-11-23(19)35-22)28-26(30)18-5-8-21(32-2)9-6-18/h4-13,22H,3,14-16H2,1-2H3,(H,28,30). The van der Waals surface area contributed by atoms with Crippen molar-refractivity contribution in [3.8, 4) is 23.0 Å². The Morgan fingerprint density at radius 1 is 1.03 bits per heavy atom. The third kappa shape index (κ3) is 4.73. The molecule has 0 radical (unpaired) electrons. The van der Waals surface area contributed by atoms with E-state index in [1.165, 1.54) is 0 Å². The summed E-state index contributed by atoms with van der Waals surface area (Å²) in [6.45, 7) is 2.88. The number of nitrogens with one attached hydrogen (secondary N) is 1. The van der Waals surface area contributed by atoms with Crippen molar-refractivity contribution in [1.82, 2.24) is 4.90 Å². The molecule has 8 nitrogen and oxygen atoms in total. The first-order chi connectivity index (χ1) is 17.0. The van der Waals surface area contributed by atoms with Gasteiger partial charge in [-0.05, 0) is 66.6 Å². The van der Waals surface area contributed by atoms with E-state index in [1.54, 1.807) is 48.4 Å². The Kier molecular flexibility index (Phi) is 6.18. The maximum atomic E-state index is 13.2. The van der Waals surface area contributed by atoms with Crippen LogP contribution in [0.2, 0.25) is 0 Å². The zero-order valence-corrected chi connectivity index (χ0v) is 19.6. The van der Waals surface area contributed by atoms with Crippen LogP contribution in [0.3, 0.4) is 0 Å². The molecule has 2 aliphatic heterocycles. The fourth-order valence-electron chi connectivity index (χ4n) is 4.18. The number of amides is 2. The minimum atomic E-state index is -0.579. The van der Waals surface area contributed by atoms with Crippen LogP contribution in [0.4, 0.5) is 5.69 Å². The van der Waals surface area contributed by atoms with E-state index in [9.17, 15) is 9.59 Å². The summed E-state index contributed by atoms with van der Waals surface area (Å²) in [6.07, 6.45) is -0.0312. The molecule has 3 aromatic carbocycles. The number of hydrogen-bond donors (Lipinski definition) is 1. The summed E-state index contributed by atoms with van der Waals surface area (Å²) in [4.78, 5) is 27.7. The van der Waals surface area contributed by atoms with Crippen LogP contribution >= 0.6 is 0 Å². The Bertz CT molecular complexity index is 1260. The SMILES string of the molecule is CCC1Oc2ccc(NC(=O)c3ccc(OC)cc3)cc2CN(Cc2ccc3c(c2)OCO3)C1=O. The molecule has 8 heteroatoms. The molecule has 0 bridgehead atoms. The van der Waals surface area contributed by atoms with Crippen molar-refractivity contribution in [2.75, 3.05) is 19.2 Å². The lowest BCUT2D eigenvalue weighted by atomic mass is 10.1. The summed E-state index contributed by atoms with van der Waals surface area (Å²) in [5.74, 6) is 2.39. The summed E-state index contributed by atoms with van der Waals surface area (Å²) < 4.78 is 22.1. The molecular weight excluding hydrogens is 448 g/mol. The third-order valence-corrected chi connectivity index (χ3v) is 6.07. The van der Waals surface area contributed by atoms with E-state index < -0.39 is 6.10 Å². The lowest BCUT2D eigenvalue weighted by molar-refractivity contribution is -0.139. The molecule has 0 aromatic heterocycles. The second-order valence-corrected chi connectivity index (χ2v) is 8.40. The number of fused-ring (bicyclic) bond motifs is 2. The first-order valence-electron chi connectivity index (χ1n) is 11.5. The van der Waals surface area contributed by atoms with Crippen LogP contribution in [0.15, 0.2) is 60.7 Å². The number of benzene rings is 3. The highest BCUT2D eigenvalue weighted by atomic mass is 16.7. The number of carbonyl (C=O) groups is 2. The van der Waals surface area contributed by atoms with Gasteiger partial charge in [-0.15, -0.1) is 0 Å². The average Bonchev–Trinajstić information content (AvgIpc) is 3.30. The number of anilines is 1. The Balaban J connectivity index is 1.37. The van der Waals surface area contributed by atoms with Crippen LogP contribution in [0.5, 0.6) is 23.0 Å². The van der Waals surface area contributed by atoms with Crippen molar-refractivity contribution in [2.45, 2.75) is 32.5 Å². The number of nitrogens with zero attached hydrogens (tertiary/aromatic N) is 1. The van der Waals surface area contributed by atoms with Gasteiger partial charge in [0.1, 0.15) is 11.5 Å². The van der Waals surface area contributed by atoms with Crippen LogP contribution in [0, 0.1) is 0 Å². The van der Waals surface area contributed by atoms with E-state index in [4.69, 9.17) is 18.9 Å². The van der Waals surface area contributed by atoms with Crippen molar-refractivity contribution < 1.29 is 28.5 Å². The number of methoxy groups -OCH3 is 1. The lowest BCUT2D eigenvalue weighted by Crippen LogP contribution is -2.38. The van der Waals surface area contributed by atoms with Crippen LogP contribution in [0.25, 0.3) is 0 Å². The summed E-state index contributed by atoms with van der Waals surface area (Å²) in [7, 11) is 1.58. The molecule has 1 N–H and O–H groups in total. The van der Waals surface area contributed by atoms with Gasteiger partial charge in [0.05, 0.1) is 7.11 Å². The molecule has 1 atom stereocenters. The van der Waals surface area contributed by atoms with E-state index in [0.29, 0.717) is 53.8 Å². The highest BCUT2D eigenvalue weighted by molar-refractivity contribution is 6.04. The van der Waals surface area contributed by atoms with Crippen molar-refractivity contribution in [3.63, 3.8) is 0 Å². The number of rotatable bonds is 6. The van der Waals surface area contributed by atoms with Crippen LogP contribution in [-0.4, -0.2) is 36.7 Å². The van der Waals surface area contributed by atoms with Gasteiger partial charge in [0.25, 0.3) is 11.8 Å². The highest BCUT2D eigenvalue weighted by Gasteiger charge is 2.30. The summed E-state index contributed by atoms with van der Waals surface area (Å²) in [5, 5.41) is 2.93. The second-order valence-electron chi connectivity index (χ2n) is 8.40. The monoisotopic (exact) mass is 474 g/mol. The van der Waals surface area contributed by atoms with E-state index in [2.05, 4.69) is 5.32 Å². The van der Waals surface area contributed by atoms with E-state index in [-0.39, 0.29) is 18.6 Å². The Hall–Kier alpha value is -4.20. The molecule has 2 aliphatic rings. The predicted molar refractivity (Wildman–Crippen MR) is 129 cm³/mol. The van der Waals surface area contributed by atoms with Gasteiger partial charge in [0.2, 0.25) is 6.79 Å². The molecule has 0 fully saturated rings. The van der Waals surface area contributed by atoms with Gasteiger partial charge in [-0.3, -0.25) is 9.59 Å². The quantitative estimate of drug-likeness (QED) is 0.571. The molecule has 0 saturated heterocycles. The number of hydrogen-bond acceptors (Lipinski definition) is 6. The molecule has 1 unspecified atom stereocenters. The largest absolute Gasteiger partial charge is 0.497 e. The van der Waals surface area contributed by atoms with Gasteiger partial charge >= 0.3 is 0 Å². The van der Waals surface area contributed by atoms with Gasteiger partial charge in [0.15, 0.2) is 17.6 Å². The fraction of sp³-hybridized carbons (Fsp3) is 0.259. The van der Waals surface area contributed by atoms with Crippen molar-refractivity contribution in [3.05, 3.63) is 77.4 Å². The molecule has 0 aliphatic carbocycles. The Morgan fingerprint density at radius 3 is 2.57 bits per heavy atom. The smallest absolute Gasteiger partial charge is 0.264 e.